The molecule has 0 rings (SSSR count). The molecule has 0 amide bonds. The van der Waals surface area contributed by atoms with Crippen molar-refractivity contribution >= 4 is 14.6 Å². The third kappa shape index (κ3) is 4.52. The third-order valence-electron chi connectivity index (χ3n) is 1.19. The molecule has 4 heteroatoms. The molecule has 0 aromatic rings. The van der Waals surface area contributed by atoms with Gasteiger partial charge in [-0.2, -0.15) is 0 Å². The van der Waals surface area contributed by atoms with Crippen LogP contribution < -0.4 is 0 Å². The van der Waals surface area contributed by atoms with Crippen molar-refractivity contribution in [1.82, 2.24) is 0 Å². The molecule has 0 aliphatic heterocycles. The van der Waals surface area contributed by atoms with Crippen molar-refractivity contribution in [2.24, 2.45) is 0 Å². The molecule has 0 spiro atoms. The molecule has 0 fully saturated rings. The van der Waals surface area contributed by atoms with E-state index >= 15 is 0 Å². The van der Waals surface area contributed by atoms with Gasteiger partial charge in [0.25, 0.3) is 0 Å². The average Bonchev–Trinajstić information content (AvgIpc) is 1.91. The quantitative estimate of drug-likeness (QED) is 0.483. The second kappa shape index (κ2) is 6.14. The minimum absolute atomic E-state index is 0.162. The first-order valence-electron chi connectivity index (χ1n) is 3.52. The van der Waals surface area contributed by atoms with Crippen molar-refractivity contribution in [2.45, 2.75) is 19.6 Å². The van der Waals surface area contributed by atoms with Crippen LogP contribution in [0.4, 0.5) is 4.39 Å². The lowest BCUT2D eigenvalue weighted by Crippen LogP contribution is -2.22. The highest BCUT2D eigenvalue weighted by molar-refractivity contribution is 6.36. The summed E-state index contributed by atoms with van der Waals surface area (Å²) < 4.78 is 17.0. The molecule has 0 aliphatic carbocycles. The van der Waals surface area contributed by atoms with E-state index in [9.17, 15) is 4.39 Å². The Hall–Kier alpha value is 0.0199. The highest BCUT2D eigenvalue weighted by Gasteiger charge is 2.04. The van der Waals surface area contributed by atoms with Crippen LogP contribution in [0.5, 0.6) is 0 Å². The van der Waals surface area contributed by atoms with Crippen LogP contribution in [0, 0.1) is 0 Å². The van der Waals surface area contributed by atoms with Crippen molar-refractivity contribution in [3.63, 3.8) is 0 Å². The minimum atomic E-state index is -0.351. The van der Waals surface area contributed by atoms with Crippen molar-refractivity contribution in [2.75, 3.05) is 13.2 Å². The number of hydrogen-bond donors (Lipinski definition) is 0. The first kappa shape index (κ1) is 9.02. The van der Waals surface area contributed by atoms with E-state index in [1.807, 2.05) is 13.6 Å². The number of hydrogen-bond acceptors (Lipinski definition) is 1. The normalized spacial score (nSPS) is 12.8. The molecule has 0 bridgehead atoms. The van der Waals surface area contributed by atoms with Gasteiger partial charge in [0.05, 0.1) is 6.00 Å². The van der Waals surface area contributed by atoms with E-state index < -0.39 is 0 Å². The smallest absolute Gasteiger partial charge is 0.157 e. The van der Waals surface area contributed by atoms with Crippen LogP contribution in [0.1, 0.15) is 0 Å². The maximum absolute atomic E-state index is 11.9. The Morgan fingerprint density at radius 3 is 2.56 bits per heavy atom. The fourth-order valence-electron chi connectivity index (χ4n) is 0.556. The van der Waals surface area contributed by atoms with Crippen LogP contribution in [0.25, 0.3) is 0 Å². The molecule has 1 nitrogen and oxygen atoms in total. The summed E-state index contributed by atoms with van der Waals surface area (Å²) in [5, 5.41) is 0. The lowest BCUT2D eigenvalue weighted by atomic mass is 9.74. The van der Waals surface area contributed by atoms with Crippen LogP contribution in [0.2, 0.25) is 13.6 Å². The van der Waals surface area contributed by atoms with Crippen LogP contribution in [-0.2, 0) is 4.74 Å². The maximum atomic E-state index is 11.9. The summed E-state index contributed by atoms with van der Waals surface area (Å²) in [6.45, 7) is 4.28. The van der Waals surface area contributed by atoms with E-state index in [1.165, 1.54) is 0 Å². The van der Waals surface area contributed by atoms with Gasteiger partial charge in [0, 0.05) is 6.51 Å². The van der Waals surface area contributed by atoms with Crippen LogP contribution in [-0.4, -0.2) is 33.7 Å². The van der Waals surface area contributed by atoms with E-state index in [-0.39, 0.29) is 12.7 Å². The second-order valence-electron chi connectivity index (χ2n) is 2.06. The van der Waals surface area contributed by atoms with Gasteiger partial charge in [-0.1, -0.05) is 13.6 Å². The molecule has 1 atom stereocenters. The predicted molar refractivity (Wildman–Crippen MR) is 41.7 cm³/mol. The molecule has 0 aromatic carbocycles. The van der Waals surface area contributed by atoms with E-state index in [1.54, 1.807) is 0 Å². The van der Waals surface area contributed by atoms with Gasteiger partial charge in [-0.25, -0.2) is 4.39 Å². The Balaban J connectivity index is 3.09. The largest absolute Gasteiger partial charge is 0.393 e. The Bertz CT molecular complexity index is 58.9. The lowest BCUT2D eigenvalue weighted by molar-refractivity contribution is 0.121. The molecular weight excluding hydrogens is 117 g/mol. The fourth-order valence-corrected chi connectivity index (χ4v) is 0.556. The van der Waals surface area contributed by atoms with Crippen LogP contribution >= 0.6 is 0 Å². The minimum Gasteiger partial charge on any atom is -0.393 e. The summed E-state index contributed by atoms with van der Waals surface area (Å²) in [5.41, 5.74) is 0. The molecule has 0 radical (unpaired) electrons. The van der Waals surface area contributed by atoms with E-state index in [4.69, 9.17) is 4.74 Å². The Morgan fingerprint density at radius 1 is 1.56 bits per heavy atom. The van der Waals surface area contributed by atoms with Gasteiger partial charge in [0.15, 0.2) is 7.28 Å². The zero-order chi connectivity index (χ0) is 7.11. The highest BCUT2D eigenvalue weighted by atomic mass is 19.1. The van der Waals surface area contributed by atoms with E-state index in [0.717, 1.165) is 14.6 Å². The summed E-state index contributed by atoms with van der Waals surface area (Å²) in [6, 6.07) is -0.162. The second-order valence-corrected chi connectivity index (χ2v) is 2.06. The van der Waals surface area contributed by atoms with E-state index in [0.29, 0.717) is 6.51 Å². The molecule has 0 aliphatic rings. The lowest BCUT2D eigenvalue weighted by Gasteiger charge is -2.09. The summed E-state index contributed by atoms with van der Waals surface area (Å²) in [4.78, 5) is 0. The van der Waals surface area contributed by atoms with Crippen molar-refractivity contribution in [3.05, 3.63) is 0 Å². The first-order chi connectivity index (χ1) is 4.35. The molecule has 0 unspecified atom stereocenters. The number of halogens is 1. The molecule has 0 saturated heterocycles. The van der Waals surface area contributed by atoms with Gasteiger partial charge in [-0.3, -0.25) is 0 Å². The molecule has 0 aromatic heterocycles. The summed E-state index contributed by atoms with van der Waals surface area (Å²) in [7, 11) is 1.74. The molecule has 52 valence electrons. The van der Waals surface area contributed by atoms with E-state index in [2.05, 4.69) is 0 Å². The SMILES string of the molecule is CBCO[C@@H](BC)CF. The zero-order valence-corrected chi connectivity index (χ0v) is 6.19. The van der Waals surface area contributed by atoms with Crippen LogP contribution in [0.3, 0.4) is 0 Å². The van der Waals surface area contributed by atoms with Gasteiger partial charge >= 0.3 is 0 Å². The van der Waals surface area contributed by atoms with Crippen molar-refractivity contribution in [1.29, 1.82) is 0 Å². The summed E-state index contributed by atoms with van der Waals surface area (Å²) >= 11 is 0. The summed E-state index contributed by atoms with van der Waals surface area (Å²) in [6.07, 6.45) is 0. The monoisotopic (exact) mass is 130 g/mol. The van der Waals surface area contributed by atoms with Gasteiger partial charge < -0.3 is 4.74 Å². The Kier molecular flexibility index (Phi) is 6.16. The fraction of sp³-hybridized carbons (Fsp3) is 1.00. The molecular formula is C5H13B2FO. The highest BCUT2D eigenvalue weighted by Crippen LogP contribution is 1.89. The van der Waals surface area contributed by atoms with Crippen molar-refractivity contribution < 1.29 is 9.13 Å². The number of alkyl halides is 1. The van der Waals surface area contributed by atoms with Crippen molar-refractivity contribution in [3.8, 4) is 0 Å². The number of ether oxygens (including phenoxy) is 1. The Labute approximate surface area is 57.5 Å². The van der Waals surface area contributed by atoms with Gasteiger partial charge in [-0.15, -0.1) is 0 Å². The third-order valence-corrected chi connectivity index (χ3v) is 1.19. The summed E-state index contributed by atoms with van der Waals surface area (Å²) in [5.74, 6) is 0. The topological polar surface area (TPSA) is 9.23 Å². The first-order valence-corrected chi connectivity index (χ1v) is 3.52. The molecule has 0 saturated carbocycles. The zero-order valence-electron chi connectivity index (χ0n) is 6.19. The molecule has 9 heavy (non-hydrogen) atoms. The van der Waals surface area contributed by atoms with Gasteiger partial charge in [0.1, 0.15) is 14.0 Å². The number of rotatable bonds is 5. The van der Waals surface area contributed by atoms with Gasteiger partial charge in [-0.05, 0) is 0 Å². The molecule has 0 heterocycles. The molecule has 0 N–H and O–H groups in total. The Morgan fingerprint density at radius 2 is 2.22 bits per heavy atom. The van der Waals surface area contributed by atoms with Crippen LogP contribution in [0.15, 0.2) is 0 Å². The average molecular weight is 130 g/mol. The standard InChI is InChI=1S/C5H13B2FO/c1-6-4-9-5(3-8)7-2/h5-7H,3-4H2,1-2H3/t5-/m1/s1. The van der Waals surface area contributed by atoms with Gasteiger partial charge in [0.2, 0.25) is 0 Å². The predicted octanol–water partition coefficient (Wildman–Crippen LogP) is 0.225. The maximum Gasteiger partial charge on any atom is 0.157 e.